The third kappa shape index (κ3) is 5.76. The Balaban J connectivity index is 1.59. The lowest BCUT2D eigenvalue weighted by molar-refractivity contribution is -0.143. The summed E-state index contributed by atoms with van der Waals surface area (Å²) in [5.41, 5.74) is 1.64. The smallest absolute Gasteiger partial charge is 0.316 e. The summed E-state index contributed by atoms with van der Waals surface area (Å²) in [4.78, 5) is 30.1. The van der Waals surface area contributed by atoms with Crippen LogP contribution >= 0.6 is 11.6 Å². The van der Waals surface area contributed by atoms with Crippen molar-refractivity contribution in [1.82, 2.24) is 10.2 Å². The summed E-state index contributed by atoms with van der Waals surface area (Å²) in [6.45, 7) is 8.62. The number of anilines is 1. The van der Waals surface area contributed by atoms with Gasteiger partial charge in [-0.25, -0.2) is 0 Å². The fourth-order valence-corrected chi connectivity index (χ4v) is 5.12. The van der Waals surface area contributed by atoms with Crippen molar-refractivity contribution in [3.63, 3.8) is 0 Å². The molecule has 1 N–H and O–H groups in total. The lowest BCUT2D eigenvalue weighted by atomic mass is 9.95. The van der Waals surface area contributed by atoms with Gasteiger partial charge in [0.2, 0.25) is 0 Å². The number of hydrogen-bond acceptors (Lipinski definition) is 6. The summed E-state index contributed by atoms with van der Waals surface area (Å²) in [5.74, 6) is 1.14. The van der Waals surface area contributed by atoms with E-state index in [1.807, 2.05) is 88.3 Å². The van der Waals surface area contributed by atoms with E-state index in [2.05, 4.69) is 10.2 Å². The van der Waals surface area contributed by atoms with Crippen LogP contribution in [0.5, 0.6) is 11.5 Å². The van der Waals surface area contributed by atoms with Crippen LogP contribution in [0.25, 0.3) is 21.9 Å². The summed E-state index contributed by atoms with van der Waals surface area (Å²) >= 11 is 6.94. The van der Waals surface area contributed by atoms with Crippen LogP contribution in [-0.2, 0) is 9.59 Å². The number of hydrogen-bond donors (Lipinski definition) is 1. The summed E-state index contributed by atoms with van der Waals surface area (Å²) < 4.78 is 12.1. The lowest BCUT2D eigenvalue weighted by Crippen LogP contribution is -2.54. The van der Waals surface area contributed by atoms with Gasteiger partial charge in [-0.15, -0.1) is 0 Å². The van der Waals surface area contributed by atoms with Crippen molar-refractivity contribution in [1.29, 1.82) is 0 Å². The SMILES string of the molecule is CN(C)CC[C@H]1Oc2cc(-c3cc(OC(=O)C(C)(C)C)cc4ccccc34)c(Cl)cc2N(CC2CNC2)C1=O. The number of rotatable bonds is 7. The number of carbonyl (C=O) groups is 2. The van der Waals surface area contributed by atoms with Crippen molar-refractivity contribution in [3.05, 3.63) is 53.6 Å². The average Bonchev–Trinajstić information content (AvgIpc) is 2.85. The second-order valence-corrected chi connectivity index (χ2v) is 12.2. The molecular weight excluding hydrogens is 514 g/mol. The molecule has 0 saturated carbocycles. The van der Waals surface area contributed by atoms with E-state index in [0.29, 0.717) is 41.1 Å². The normalized spacial score (nSPS) is 17.7. The number of carbonyl (C=O) groups excluding carboxylic acids is 2. The predicted molar refractivity (Wildman–Crippen MR) is 156 cm³/mol. The predicted octanol–water partition coefficient (Wildman–Crippen LogP) is 5.38. The molecule has 7 nitrogen and oxygen atoms in total. The molecule has 2 aliphatic rings. The summed E-state index contributed by atoms with van der Waals surface area (Å²) in [6.07, 6.45) is 0.0156. The van der Waals surface area contributed by atoms with Gasteiger partial charge in [-0.3, -0.25) is 9.59 Å². The maximum atomic E-state index is 13.5. The van der Waals surface area contributed by atoms with Gasteiger partial charge >= 0.3 is 5.97 Å². The number of nitrogens with one attached hydrogen (secondary N) is 1. The monoisotopic (exact) mass is 549 g/mol. The Kier molecular flexibility index (Phi) is 7.60. The number of ether oxygens (including phenoxy) is 2. The molecule has 2 aliphatic heterocycles. The topological polar surface area (TPSA) is 71.1 Å². The number of esters is 1. The molecule has 3 aromatic carbocycles. The maximum Gasteiger partial charge on any atom is 0.316 e. The highest BCUT2D eigenvalue weighted by molar-refractivity contribution is 6.34. The molecule has 0 aromatic heterocycles. The molecule has 0 bridgehead atoms. The van der Waals surface area contributed by atoms with E-state index in [0.717, 1.165) is 41.5 Å². The minimum absolute atomic E-state index is 0.0263. The maximum absolute atomic E-state index is 13.5. The van der Waals surface area contributed by atoms with E-state index in [9.17, 15) is 9.59 Å². The van der Waals surface area contributed by atoms with Crippen molar-refractivity contribution in [2.75, 3.05) is 45.2 Å². The second-order valence-electron chi connectivity index (χ2n) is 11.8. The van der Waals surface area contributed by atoms with Gasteiger partial charge in [-0.05, 0) is 75.5 Å². The van der Waals surface area contributed by atoms with Crippen molar-refractivity contribution in [3.8, 4) is 22.6 Å². The summed E-state index contributed by atoms with van der Waals surface area (Å²) in [6, 6.07) is 15.4. The molecule has 3 aromatic rings. The van der Waals surface area contributed by atoms with Gasteiger partial charge in [0.1, 0.15) is 11.5 Å². The van der Waals surface area contributed by atoms with Gasteiger partial charge in [0.25, 0.3) is 5.91 Å². The average molecular weight is 550 g/mol. The second kappa shape index (κ2) is 10.8. The molecule has 39 heavy (non-hydrogen) atoms. The van der Waals surface area contributed by atoms with Gasteiger partial charge in [0.05, 0.1) is 16.1 Å². The molecule has 8 heteroatoms. The highest BCUT2D eigenvalue weighted by Crippen LogP contribution is 2.45. The lowest BCUT2D eigenvalue weighted by Gasteiger charge is -2.39. The van der Waals surface area contributed by atoms with Crippen LogP contribution in [0.3, 0.4) is 0 Å². The molecule has 206 valence electrons. The first kappa shape index (κ1) is 27.4. The zero-order chi connectivity index (χ0) is 27.9. The van der Waals surface area contributed by atoms with Crippen LogP contribution in [0.4, 0.5) is 5.69 Å². The fourth-order valence-electron chi connectivity index (χ4n) is 4.86. The Morgan fingerprint density at radius 2 is 1.87 bits per heavy atom. The van der Waals surface area contributed by atoms with Crippen LogP contribution in [0.1, 0.15) is 27.2 Å². The van der Waals surface area contributed by atoms with Gasteiger partial charge in [0, 0.05) is 44.1 Å². The molecule has 1 amide bonds. The Morgan fingerprint density at radius 1 is 1.13 bits per heavy atom. The number of amides is 1. The highest BCUT2D eigenvalue weighted by Gasteiger charge is 2.37. The molecule has 1 fully saturated rings. The van der Waals surface area contributed by atoms with Gasteiger partial charge in [0.15, 0.2) is 6.10 Å². The first-order valence-corrected chi connectivity index (χ1v) is 13.8. The molecular formula is C31H36ClN3O4. The Hall–Kier alpha value is -3.13. The van der Waals surface area contributed by atoms with E-state index in [-0.39, 0.29) is 11.9 Å². The van der Waals surface area contributed by atoms with E-state index in [4.69, 9.17) is 21.1 Å². The van der Waals surface area contributed by atoms with Crippen LogP contribution in [0.2, 0.25) is 5.02 Å². The van der Waals surface area contributed by atoms with Crippen LogP contribution in [0.15, 0.2) is 48.5 Å². The van der Waals surface area contributed by atoms with E-state index >= 15 is 0 Å². The van der Waals surface area contributed by atoms with Crippen LogP contribution in [-0.4, -0.2) is 63.2 Å². The van der Waals surface area contributed by atoms with E-state index in [1.54, 1.807) is 0 Å². The quantitative estimate of drug-likeness (QED) is 0.315. The van der Waals surface area contributed by atoms with Crippen LogP contribution in [0, 0.1) is 11.3 Å². The van der Waals surface area contributed by atoms with Crippen molar-refractivity contribution in [2.45, 2.75) is 33.3 Å². The molecule has 0 aliphatic carbocycles. The van der Waals surface area contributed by atoms with Crippen LogP contribution < -0.4 is 19.7 Å². The third-order valence-corrected chi connectivity index (χ3v) is 7.56. The Labute approximate surface area is 235 Å². The third-order valence-electron chi connectivity index (χ3n) is 7.24. The number of benzene rings is 3. The standard InChI is InChI=1S/C31H36ClN3O4/c1-31(2,3)30(37)38-21-12-20-8-6-7-9-22(20)23(13-21)24-14-28-26(15-25(24)32)35(18-19-16-33-17-19)29(36)27(39-28)10-11-34(4)5/h6-9,12-15,19,27,33H,10-11,16-18H2,1-5H3/t27-/m1/s1. The molecule has 0 radical (unpaired) electrons. The number of fused-ring (bicyclic) bond motifs is 2. The molecule has 0 unspecified atom stereocenters. The number of halogens is 1. The largest absolute Gasteiger partial charge is 0.478 e. The van der Waals surface area contributed by atoms with Gasteiger partial charge in [-0.2, -0.15) is 0 Å². The Bertz CT molecular complexity index is 1410. The summed E-state index contributed by atoms with van der Waals surface area (Å²) in [7, 11) is 3.98. The Morgan fingerprint density at radius 3 is 2.54 bits per heavy atom. The minimum Gasteiger partial charge on any atom is -0.478 e. The first-order chi connectivity index (χ1) is 18.5. The first-order valence-electron chi connectivity index (χ1n) is 13.4. The molecule has 5 rings (SSSR count). The minimum atomic E-state index is -0.642. The highest BCUT2D eigenvalue weighted by atomic mass is 35.5. The summed E-state index contributed by atoms with van der Waals surface area (Å²) in [5, 5.41) is 5.69. The molecule has 1 atom stereocenters. The number of nitrogens with zero attached hydrogens (tertiary/aromatic N) is 2. The van der Waals surface area contributed by atoms with Gasteiger partial charge in [-0.1, -0.05) is 35.9 Å². The zero-order valence-corrected chi connectivity index (χ0v) is 24.0. The molecule has 0 spiro atoms. The van der Waals surface area contributed by atoms with Crippen molar-refractivity contribution < 1.29 is 19.1 Å². The zero-order valence-electron chi connectivity index (χ0n) is 23.2. The van der Waals surface area contributed by atoms with Crippen molar-refractivity contribution in [2.24, 2.45) is 11.3 Å². The molecule has 1 saturated heterocycles. The molecule has 2 heterocycles. The van der Waals surface area contributed by atoms with Gasteiger partial charge < -0.3 is 24.6 Å². The fraction of sp³-hybridized carbons (Fsp3) is 0.419. The van der Waals surface area contributed by atoms with E-state index < -0.39 is 11.5 Å². The van der Waals surface area contributed by atoms with Crippen molar-refractivity contribution >= 4 is 39.9 Å². The van der Waals surface area contributed by atoms with E-state index in [1.165, 1.54) is 0 Å².